The van der Waals surface area contributed by atoms with Gasteiger partial charge < -0.3 is 15.6 Å². The zero-order chi connectivity index (χ0) is 12.8. The van der Waals surface area contributed by atoms with Crippen molar-refractivity contribution >= 4 is 5.91 Å². The van der Waals surface area contributed by atoms with E-state index in [-0.39, 0.29) is 11.6 Å². The maximum absolute atomic E-state index is 11.7. The van der Waals surface area contributed by atoms with Gasteiger partial charge in [-0.2, -0.15) is 4.98 Å². The molecule has 96 valence electrons. The maximum atomic E-state index is 11.7. The molecule has 0 aliphatic heterocycles. The van der Waals surface area contributed by atoms with Gasteiger partial charge >= 0.3 is 0 Å². The molecule has 0 radical (unpaired) electrons. The average Bonchev–Trinajstić information content (AvgIpc) is 3.00. The molecule has 0 aromatic carbocycles. The molecule has 0 aliphatic carbocycles. The minimum atomic E-state index is -0.294. The number of hydrogen-bond acceptors (Lipinski definition) is 7. The zero-order valence-electron chi connectivity index (χ0n) is 9.61. The molecule has 9 nitrogen and oxygen atoms in total. The van der Waals surface area contributed by atoms with Crippen LogP contribution in [-0.4, -0.2) is 44.1 Å². The van der Waals surface area contributed by atoms with Crippen LogP contribution in [0.2, 0.25) is 0 Å². The highest BCUT2D eigenvalue weighted by Crippen LogP contribution is 1.94. The molecule has 9 heteroatoms. The lowest BCUT2D eigenvalue weighted by atomic mass is 10.4. The van der Waals surface area contributed by atoms with E-state index in [0.717, 1.165) is 0 Å². The first-order valence-electron chi connectivity index (χ1n) is 5.43. The second kappa shape index (κ2) is 5.87. The number of hydrogen-bond donors (Lipinski definition) is 2. The van der Waals surface area contributed by atoms with Gasteiger partial charge in [-0.15, -0.1) is 5.10 Å². The topological polar surface area (TPSA) is 125 Å². The van der Waals surface area contributed by atoms with Gasteiger partial charge in [0.25, 0.3) is 5.91 Å². The molecule has 3 N–H and O–H groups in total. The summed E-state index contributed by atoms with van der Waals surface area (Å²) in [5, 5.41) is 13.7. The van der Waals surface area contributed by atoms with Gasteiger partial charge in [0, 0.05) is 19.5 Å². The zero-order valence-corrected chi connectivity index (χ0v) is 9.61. The lowest BCUT2D eigenvalue weighted by Gasteiger charge is -1.99. The fourth-order valence-corrected chi connectivity index (χ4v) is 1.32. The summed E-state index contributed by atoms with van der Waals surface area (Å²) >= 11 is 0. The number of nitrogens with one attached hydrogen (secondary N) is 1. The van der Waals surface area contributed by atoms with E-state index in [0.29, 0.717) is 31.9 Å². The Morgan fingerprint density at radius 2 is 2.44 bits per heavy atom. The number of nitrogens with zero attached hydrogens (tertiary/aromatic N) is 5. The van der Waals surface area contributed by atoms with Crippen LogP contribution in [0.4, 0.5) is 0 Å². The van der Waals surface area contributed by atoms with Gasteiger partial charge in [0.15, 0.2) is 12.0 Å². The van der Waals surface area contributed by atoms with Crippen molar-refractivity contribution in [3.05, 3.63) is 24.1 Å². The van der Waals surface area contributed by atoms with E-state index in [4.69, 9.17) is 10.3 Å². The van der Waals surface area contributed by atoms with E-state index >= 15 is 0 Å². The first kappa shape index (κ1) is 12.2. The summed E-state index contributed by atoms with van der Waals surface area (Å²) in [4.78, 5) is 15.5. The lowest BCUT2D eigenvalue weighted by Crippen LogP contribution is -2.26. The first-order valence-corrected chi connectivity index (χ1v) is 5.43. The van der Waals surface area contributed by atoms with Crippen molar-refractivity contribution in [2.24, 2.45) is 5.73 Å². The molecule has 0 atom stereocenters. The Bertz CT molecular complexity index is 493. The third-order valence-corrected chi connectivity index (χ3v) is 2.16. The average molecular weight is 251 g/mol. The van der Waals surface area contributed by atoms with Gasteiger partial charge in [0.2, 0.25) is 5.89 Å². The van der Waals surface area contributed by atoms with Crippen LogP contribution in [0.25, 0.3) is 0 Å². The molecule has 0 saturated carbocycles. The van der Waals surface area contributed by atoms with Crippen LogP contribution in [-0.2, 0) is 13.0 Å². The summed E-state index contributed by atoms with van der Waals surface area (Å²) < 4.78 is 6.32. The molecule has 0 bridgehead atoms. The highest BCUT2D eigenvalue weighted by molar-refractivity contribution is 5.91. The second-order valence-electron chi connectivity index (χ2n) is 3.50. The molecular formula is C9H13N7O2. The van der Waals surface area contributed by atoms with Gasteiger partial charge in [0.05, 0.1) is 12.7 Å². The minimum Gasteiger partial charge on any atom is -0.350 e. The van der Waals surface area contributed by atoms with Crippen LogP contribution in [0.15, 0.2) is 17.0 Å². The van der Waals surface area contributed by atoms with Crippen molar-refractivity contribution in [3.63, 3.8) is 0 Å². The summed E-state index contributed by atoms with van der Waals surface area (Å²) in [5.74, 6) is 0.180. The second-order valence-corrected chi connectivity index (χ2v) is 3.50. The van der Waals surface area contributed by atoms with E-state index in [1.54, 1.807) is 6.20 Å². The van der Waals surface area contributed by atoms with E-state index < -0.39 is 0 Å². The highest BCUT2D eigenvalue weighted by Gasteiger charge is 2.10. The number of carbonyl (C=O) groups excluding carboxylic acids is 1. The predicted molar refractivity (Wildman–Crippen MR) is 59.4 cm³/mol. The summed E-state index contributed by atoms with van der Waals surface area (Å²) in [6.07, 6.45) is 3.34. The quantitative estimate of drug-likeness (QED) is 0.646. The summed E-state index contributed by atoms with van der Waals surface area (Å²) in [6.45, 7) is 1.37. The van der Waals surface area contributed by atoms with E-state index in [2.05, 4.69) is 25.8 Å². The first-order chi connectivity index (χ1) is 8.79. The van der Waals surface area contributed by atoms with Crippen molar-refractivity contribution in [2.75, 3.05) is 13.1 Å². The number of rotatable bonds is 6. The van der Waals surface area contributed by atoms with Crippen molar-refractivity contribution in [2.45, 2.75) is 13.0 Å². The summed E-state index contributed by atoms with van der Waals surface area (Å²) in [5.41, 5.74) is 5.63. The molecule has 0 fully saturated rings. The monoisotopic (exact) mass is 251 g/mol. The summed E-state index contributed by atoms with van der Waals surface area (Å²) in [7, 11) is 0. The van der Waals surface area contributed by atoms with Crippen molar-refractivity contribution in [1.82, 2.24) is 30.5 Å². The highest BCUT2D eigenvalue weighted by atomic mass is 16.5. The number of carbonyl (C=O) groups is 1. The van der Waals surface area contributed by atoms with Crippen LogP contribution in [0, 0.1) is 0 Å². The Morgan fingerprint density at radius 3 is 3.17 bits per heavy atom. The Labute approximate surface area is 102 Å². The number of amides is 1. The van der Waals surface area contributed by atoms with Crippen molar-refractivity contribution in [1.29, 1.82) is 0 Å². The molecule has 0 unspecified atom stereocenters. The molecule has 1 amide bonds. The van der Waals surface area contributed by atoms with Crippen LogP contribution in [0.5, 0.6) is 0 Å². The van der Waals surface area contributed by atoms with Crippen LogP contribution >= 0.6 is 0 Å². The molecule has 2 rings (SSSR count). The number of aromatic nitrogens is 5. The van der Waals surface area contributed by atoms with Gasteiger partial charge in [-0.1, -0.05) is 10.4 Å². The minimum absolute atomic E-state index is 0.258. The van der Waals surface area contributed by atoms with Gasteiger partial charge in [-0.25, -0.2) is 0 Å². The molecule has 2 heterocycles. The molecule has 2 aromatic rings. The Balaban J connectivity index is 1.80. The summed E-state index contributed by atoms with van der Waals surface area (Å²) in [6, 6.07) is 0. The molecule has 0 spiro atoms. The number of nitrogens with two attached hydrogens (primary N) is 1. The van der Waals surface area contributed by atoms with Crippen LogP contribution in [0.1, 0.15) is 16.4 Å². The molecular weight excluding hydrogens is 238 g/mol. The Kier molecular flexibility index (Phi) is 3.97. The Hall–Kier alpha value is -2.29. The van der Waals surface area contributed by atoms with Gasteiger partial charge in [-0.05, 0) is 0 Å². The third-order valence-electron chi connectivity index (χ3n) is 2.16. The SMILES string of the molecule is NCCn1cc(C(=O)NCCc2ncno2)nn1. The predicted octanol–water partition coefficient (Wildman–Crippen LogP) is -1.41. The third kappa shape index (κ3) is 3.10. The largest absolute Gasteiger partial charge is 0.350 e. The molecule has 0 aliphatic rings. The molecule has 0 saturated heterocycles. The van der Waals surface area contributed by atoms with Crippen LogP contribution in [0.3, 0.4) is 0 Å². The van der Waals surface area contributed by atoms with E-state index in [9.17, 15) is 4.79 Å². The van der Waals surface area contributed by atoms with Crippen molar-refractivity contribution < 1.29 is 9.32 Å². The van der Waals surface area contributed by atoms with Gasteiger partial charge in [-0.3, -0.25) is 9.48 Å². The lowest BCUT2D eigenvalue weighted by molar-refractivity contribution is 0.0948. The fourth-order valence-electron chi connectivity index (χ4n) is 1.32. The fraction of sp³-hybridized carbons (Fsp3) is 0.444. The molecule has 2 aromatic heterocycles. The maximum Gasteiger partial charge on any atom is 0.273 e. The van der Waals surface area contributed by atoms with E-state index in [1.165, 1.54) is 11.0 Å². The molecule has 18 heavy (non-hydrogen) atoms. The Morgan fingerprint density at radius 1 is 1.56 bits per heavy atom. The van der Waals surface area contributed by atoms with Gasteiger partial charge in [0.1, 0.15) is 0 Å². The normalized spacial score (nSPS) is 10.5. The smallest absolute Gasteiger partial charge is 0.273 e. The van der Waals surface area contributed by atoms with Crippen molar-refractivity contribution in [3.8, 4) is 0 Å². The standard InChI is InChI=1S/C9H13N7O2/c10-2-4-16-5-7(14-15-16)9(17)11-3-1-8-12-6-13-18-8/h5-6H,1-4,10H2,(H,11,17). The van der Waals surface area contributed by atoms with Crippen LogP contribution < -0.4 is 11.1 Å². The van der Waals surface area contributed by atoms with E-state index in [1.807, 2.05) is 0 Å².